The van der Waals surface area contributed by atoms with Gasteiger partial charge in [0.15, 0.2) is 5.82 Å². The molecule has 0 bridgehead atoms. The summed E-state index contributed by atoms with van der Waals surface area (Å²) in [5.74, 6) is 1.12. The number of hydrogen-bond donors (Lipinski definition) is 0. The van der Waals surface area contributed by atoms with Crippen LogP contribution in [-0.2, 0) is 11.3 Å². The van der Waals surface area contributed by atoms with E-state index in [9.17, 15) is 14.0 Å². The Morgan fingerprint density at radius 3 is 2.42 bits per heavy atom. The molecule has 40 heavy (non-hydrogen) atoms. The number of aromatic nitrogens is 2. The molecule has 2 amide bonds. The molecule has 0 N–H and O–H groups in total. The molecule has 2 aromatic carbocycles. The van der Waals surface area contributed by atoms with Crippen molar-refractivity contribution in [1.82, 2.24) is 20.0 Å². The summed E-state index contributed by atoms with van der Waals surface area (Å²) in [6, 6.07) is 20.3. The Hall–Kier alpha value is -4.73. The molecule has 2 aromatic heterocycles. The average Bonchev–Trinajstić information content (AvgIpc) is 3.38. The number of hydrogen-bond acceptors (Lipinski definition) is 7. The van der Waals surface area contributed by atoms with Crippen molar-refractivity contribution in [3.63, 3.8) is 0 Å². The van der Waals surface area contributed by atoms with Gasteiger partial charge in [-0.25, -0.2) is 4.39 Å². The Labute approximate surface area is 231 Å². The summed E-state index contributed by atoms with van der Waals surface area (Å²) in [5.41, 5.74) is 2.02. The number of nitrogens with zero attached hydrogens (tertiary/aromatic N) is 5. The molecule has 5 rings (SSSR count). The van der Waals surface area contributed by atoms with Gasteiger partial charge in [0.05, 0.1) is 25.6 Å². The first-order valence-corrected chi connectivity index (χ1v) is 13.1. The third-order valence-corrected chi connectivity index (χ3v) is 6.84. The molecule has 0 saturated carbocycles. The Kier molecular flexibility index (Phi) is 8.34. The van der Waals surface area contributed by atoms with E-state index in [4.69, 9.17) is 9.15 Å². The second-order valence-electron chi connectivity index (χ2n) is 9.47. The van der Waals surface area contributed by atoms with E-state index in [0.29, 0.717) is 31.0 Å². The van der Waals surface area contributed by atoms with Gasteiger partial charge >= 0.3 is 0 Å². The molecule has 0 radical (unpaired) electrons. The Balaban J connectivity index is 1.22. The van der Waals surface area contributed by atoms with Gasteiger partial charge in [-0.05, 0) is 79.2 Å². The van der Waals surface area contributed by atoms with Crippen molar-refractivity contribution in [1.29, 1.82) is 0 Å². The van der Waals surface area contributed by atoms with Gasteiger partial charge in [0.25, 0.3) is 5.91 Å². The number of methoxy groups -OCH3 is 1. The lowest BCUT2D eigenvalue weighted by Crippen LogP contribution is -2.44. The van der Waals surface area contributed by atoms with Crippen LogP contribution in [0.4, 0.5) is 10.2 Å². The van der Waals surface area contributed by atoms with Crippen LogP contribution in [0.5, 0.6) is 5.75 Å². The maximum atomic E-state index is 13.4. The van der Waals surface area contributed by atoms with Crippen LogP contribution in [0.2, 0.25) is 0 Å². The second kappa shape index (κ2) is 12.4. The number of halogens is 1. The number of amides is 2. The smallest absolute Gasteiger partial charge is 0.254 e. The zero-order valence-electron chi connectivity index (χ0n) is 22.2. The van der Waals surface area contributed by atoms with Crippen molar-refractivity contribution in [2.45, 2.75) is 13.0 Å². The van der Waals surface area contributed by atoms with Crippen LogP contribution in [0.3, 0.4) is 0 Å². The lowest BCUT2D eigenvalue weighted by Gasteiger charge is -2.27. The SMILES string of the molecule is COc1ccc(-c2ccc(N3CCCN(C(=O)CN(Cc4ccco4)C(=O)c4ccc(F)cc4)CC3)nn2)cc1. The Morgan fingerprint density at radius 1 is 0.950 bits per heavy atom. The Bertz CT molecular complexity index is 1410. The monoisotopic (exact) mass is 543 g/mol. The minimum Gasteiger partial charge on any atom is -0.497 e. The fourth-order valence-corrected chi connectivity index (χ4v) is 4.63. The number of ether oxygens (including phenoxy) is 1. The molecule has 1 aliphatic rings. The zero-order chi connectivity index (χ0) is 27.9. The molecule has 1 fully saturated rings. The standard InChI is InChI=1S/C30H30FN5O4/c1-39-25-11-7-22(8-12-25)27-13-14-28(33-32-27)34-15-3-16-35(18-17-34)29(37)21-36(20-26-4-2-19-40-26)30(38)23-5-9-24(31)10-6-23/h2,4-14,19H,3,15-18,20-21H2,1H3. The molecule has 3 heterocycles. The fourth-order valence-electron chi connectivity index (χ4n) is 4.63. The van der Waals surface area contributed by atoms with Crippen LogP contribution in [0.25, 0.3) is 11.3 Å². The largest absolute Gasteiger partial charge is 0.497 e. The van der Waals surface area contributed by atoms with Crippen LogP contribution in [-0.4, -0.2) is 71.6 Å². The first-order chi connectivity index (χ1) is 19.5. The van der Waals surface area contributed by atoms with E-state index in [2.05, 4.69) is 15.1 Å². The summed E-state index contributed by atoms with van der Waals surface area (Å²) in [4.78, 5) is 31.9. The molecule has 9 nitrogen and oxygen atoms in total. The first kappa shape index (κ1) is 26.9. The minimum absolute atomic E-state index is 0.118. The van der Waals surface area contributed by atoms with Crippen molar-refractivity contribution < 1.29 is 23.1 Å². The highest BCUT2D eigenvalue weighted by Crippen LogP contribution is 2.22. The molecular weight excluding hydrogens is 513 g/mol. The molecule has 1 saturated heterocycles. The molecule has 4 aromatic rings. The number of benzene rings is 2. The van der Waals surface area contributed by atoms with E-state index >= 15 is 0 Å². The highest BCUT2D eigenvalue weighted by molar-refractivity contribution is 5.96. The van der Waals surface area contributed by atoms with E-state index in [1.165, 1.54) is 35.4 Å². The summed E-state index contributed by atoms with van der Waals surface area (Å²) in [6.45, 7) is 2.38. The maximum absolute atomic E-state index is 13.4. The predicted octanol–water partition coefficient (Wildman–Crippen LogP) is 4.27. The molecule has 0 spiro atoms. The summed E-state index contributed by atoms with van der Waals surface area (Å²) in [7, 11) is 1.63. The van der Waals surface area contributed by atoms with Crippen LogP contribution >= 0.6 is 0 Å². The van der Waals surface area contributed by atoms with E-state index in [-0.39, 0.29) is 24.9 Å². The van der Waals surface area contributed by atoms with E-state index in [0.717, 1.165) is 35.8 Å². The Morgan fingerprint density at radius 2 is 1.75 bits per heavy atom. The molecule has 0 atom stereocenters. The summed E-state index contributed by atoms with van der Waals surface area (Å²) < 4.78 is 24.0. The third-order valence-electron chi connectivity index (χ3n) is 6.84. The molecular formula is C30H30FN5O4. The van der Waals surface area contributed by atoms with Gasteiger partial charge in [-0.1, -0.05) is 0 Å². The van der Waals surface area contributed by atoms with Crippen LogP contribution in [0.1, 0.15) is 22.5 Å². The summed E-state index contributed by atoms with van der Waals surface area (Å²) >= 11 is 0. The molecule has 0 unspecified atom stereocenters. The molecule has 10 heteroatoms. The van der Waals surface area contributed by atoms with Crippen molar-refractivity contribution in [3.05, 3.63) is 96.2 Å². The zero-order valence-corrected chi connectivity index (χ0v) is 22.2. The van der Waals surface area contributed by atoms with Crippen molar-refractivity contribution in [3.8, 4) is 17.0 Å². The van der Waals surface area contributed by atoms with Crippen LogP contribution in [0, 0.1) is 5.82 Å². The quantitative estimate of drug-likeness (QED) is 0.328. The van der Waals surface area contributed by atoms with E-state index < -0.39 is 5.82 Å². The fraction of sp³-hybridized carbons (Fsp3) is 0.267. The number of carbonyl (C=O) groups is 2. The van der Waals surface area contributed by atoms with Crippen molar-refractivity contribution in [2.75, 3.05) is 44.7 Å². The maximum Gasteiger partial charge on any atom is 0.254 e. The second-order valence-corrected chi connectivity index (χ2v) is 9.47. The van der Waals surface area contributed by atoms with Gasteiger partial charge in [-0.2, -0.15) is 0 Å². The van der Waals surface area contributed by atoms with Gasteiger partial charge in [0.2, 0.25) is 5.91 Å². The lowest BCUT2D eigenvalue weighted by atomic mass is 10.1. The summed E-state index contributed by atoms with van der Waals surface area (Å²) in [5, 5.41) is 8.84. The lowest BCUT2D eigenvalue weighted by molar-refractivity contribution is -0.131. The summed E-state index contributed by atoms with van der Waals surface area (Å²) in [6.07, 6.45) is 2.27. The number of carbonyl (C=O) groups excluding carboxylic acids is 2. The van der Waals surface area contributed by atoms with Crippen LogP contribution < -0.4 is 9.64 Å². The number of anilines is 1. The van der Waals surface area contributed by atoms with Gasteiger partial charge in [0, 0.05) is 37.3 Å². The predicted molar refractivity (Wildman–Crippen MR) is 147 cm³/mol. The van der Waals surface area contributed by atoms with Gasteiger partial charge in [-0.15, -0.1) is 10.2 Å². The molecule has 206 valence electrons. The van der Waals surface area contributed by atoms with Gasteiger partial charge in [-0.3, -0.25) is 9.59 Å². The highest BCUT2D eigenvalue weighted by Gasteiger charge is 2.25. The minimum atomic E-state index is -0.431. The average molecular weight is 544 g/mol. The first-order valence-electron chi connectivity index (χ1n) is 13.1. The molecule has 0 aliphatic carbocycles. The van der Waals surface area contributed by atoms with Gasteiger partial charge < -0.3 is 23.9 Å². The van der Waals surface area contributed by atoms with E-state index in [1.54, 1.807) is 24.1 Å². The molecule has 1 aliphatic heterocycles. The van der Waals surface area contributed by atoms with Crippen molar-refractivity contribution in [2.24, 2.45) is 0 Å². The third kappa shape index (κ3) is 6.45. The van der Waals surface area contributed by atoms with Gasteiger partial charge in [0.1, 0.15) is 23.9 Å². The van der Waals surface area contributed by atoms with E-state index in [1.807, 2.05) is 36.4 Å². The van der Waals surface area contributed by atoms with Crippen molar-refractivity contribution >= 4 is 17.6 Å². The normalized spacial score (nSPS) is 13.6. The van der Waals surface area contributed by atoms with Crippen LogP contribution in [0.15, 0.2) is 83.5 Å². The highest BCUT2D eigenvalue weighted by atomic mass is 19.1. The number of furan rings is 1. The topological polar surface area (TPSA) is 92.0 Å². The number of rotatable bonds is 8.